The fourth-order valence-corrected chi connectivity index (χ4v) is 2.81. The Morgan fingerprint density at radius 1 is 1.23 bits per heavy atom. The minimum atomic E-state index is -0.463. The van der Waals surface area contributed by atoms with Gasteiger partial charge in [0.15, 0.2) is 0 Å². The summed E-state index contributed by atoms with van der Waals surface area (Å²) in [6.07, 6.45) is 2.30. The molecule has 8 nitrogen and oxygen atoms in total. The lowest BCUT2D eigenvalue weighted by atomic mass is 10.2. The first kappa shape index (κ1) is 18.3. The summed E-state index contributed by atoms with van der Waals surface area (Å²) in [6, 6.07) is 9.86. The summed E-state index contributed by atoms with van der Waals surface area (Å²) in [5.74, 6) is 0. The highest BCUT2D eigenvalue weighted by Crippen LogP contribution is 2.13. The number of nitrogens with two attached hydrogens (primary N) is 2. The molecule has 0 aliphatic heterocycles. The molecule has 0 radical (unpaired) electrons. The maximum Gasteiger partial charge on any atom is 0.354 e. The highest BCUT2D eigenvalue weighted by atomic mass is 16.1. The average molecular weight is 355 g/mol. The van der Waals surface area contributed by atoms with Gasteiger partial charge < -0.3 is 21.8 Å². The zero-order valence-corrected chi connectivity index (χ0v) is 14.8. The summed E-state index contributed by atoms with van der Waals surface area (Å²) in [6.45, 7) is 4.35. The number of benzene rings is 1. The highest BCUT2D eigenvalue weighted by molar-refractivity contribution is 5.75. The Hall–Kier alpha value is -2.52. The minimum absolute atomic E-state index is 0.296. The van der Waals surface area contributed by atoms with Crippen LogP contribution >= 0.6 is 0 Å². The van der Waals surface area contributed by atoms with Gasteiger partial charge in [0.05, 0.1) is 5.69 Å². The number of hydrogen-bond acceptors (Lipinski definition) is 6. The summed E-state index contributed by atoms with van der Waals surface area (Å²) in [5, 5.41) is 7.25. The van der Waals surface area contributed by atoms with Crippen LogP contribution in [0.5, 0.6) is 0 Å². The van der Waals surface area contributed by atoms with Gasteiger partial charge in [0, 0.05) is 23.8 Å². The Balaban J connectivity index is 1.61. The van der Waals surface area contributed by atoms with Crippen molar-refractivity contribution in [3.05, 3.63) is 58.3 Å². The van der Waals surface area contributed by atoms with Crippen LogP contribution in [0.15, 0.2) is 41.3 Å². The molecule has 0 saturated carbocycles. The normalized spacial score (nSPS) is 11.5. The number of nitrogens with zero attached hydrogens (tertiary/aromatic N) is 2. The molecule has 2 heterocycles. The zero-order valence-electron chi connectivity index (χ0n) is 14.8. The van der Waals surface area contributed by atoms with Crippen molar-refractivity contribution >= 4 is 11.0 Å². The van der Waals surface area contributed by atoms with Crippen LogP contribution in [-0.2, 0) is 6.54 Å². The van der Waals surface area contributed by atoms with Gasteiger partial charge in [-0.3, -0.25) is 9.88 Å². The Morgan fingerprint density at radius 3 is 2.73 bits per heavy atom. The van der Waals surface area contributed by atoms with Crippen molar-refractivity contribution in [2.24, 2.45) is 11.5 Å². The van der Waals surface area contributed by atoms with Crippen LogP contribution in [-0.4, -0.2) is 33.9 Å². The molecular formula is C18H25N7O. The molecular weight excluding hydrogens is 330 g/mol. The average Bonchev–Trinajstić information content (AvgIpc) is 2.96. The van der Waals surface area contributed by atoms with Crippen LogP contribution < -0.4 is 27.8 Å². The number of aryl methyl sites for hydroxylation is 1. The first-order valence-electron chi connectivity index (χ1n) is 8.66. The van der Waals surface area contributed by atoms with Crippen LogP contribution in [0.4, 0.5) is 0 Å². The number of H-pyrrole nitrogens is 1. The molecule has 26 heavy (non-hydrogen) atoms. The van der Waals surface area contributed by atoms with E-state index in [0.29, 0.717) is 5.65 Å². The van der Waals surface area contributed by atoms with E-state index >= 15 is 0 Å². The number of aromatic nitrogens is 3. The van der Waals surface area contributed by atoms with E-state index in [-0.39, 0.29) is 5.69 Å². The van der Waals surface area contributed by atoms with Crippen LogP contribution in [0.2, 0.25) is 0 Å². The molecule has 1 aromatic carbocycles. The van der Waals surface area contributed by atoms with E-state index in [1.165, 1.54) is 0 Å². The smallest absolute Gasteiger partial charge is 0.343 e. The van der Waals surface area contributed by atoms with E-state index in [0.717, 1.165) is 48.4 Å². The summed E-state index contributed by atoms with van der Waals surface area (Å²) < 4.78 is 1.56. The van der Waals surface area contributed by atoms with Crippen molar-refractivity contribution < 1.29 is 0 Å². The van der Waals surface area contributed by atoms with Gasteiger partial charge in [-0.15, -0.1) is 0 Å². The first-order valence-corrected chi connectivity index (χ1v) is 8.66. The maximum atomic E-state index is 12.2. The van der Waals surface area contributed by atoms with Crippen LogP contribution in [0.3, 0.4) is 0 Å². The fraction of sp³-hybridized carbons (Fsp3) is 0.333. The largest absolute Gasteiger partial charge is 0.354 e. The lowest BCUT2D eigenvalue weighted by Gasteiger charge is -2.09. The van der Waals surface area contributed by atoms with Crippen molar-refractivity contribution in [2.75, 3.05) is 13.1 Å². The third-order valence-corrected chi connectivity index (χ3v) is 4.10. The molecule has 0 saturated heterocycles. The minimum Gasteiger partial charge on any atom is -0.343 e. The van der Waals surface area contributed by atoms with E-state index in [1.54, 1.807) is 4.57 Å². The molecule has 0 aliphatic carbocycles. The highest BCUT2D eigenvalue weighted by Gasteiger charge is 2.06. The number of rotatable bonds is 8. The van der Waals surface area contributed by atoms with Gasteiger partial charge in [-0.1, -0.05) is 12.1 Å². The van der Waals surface area contributed by atoms with Gasteiger partial charge in [-0.05, 0) is 50.2 Å². The first-order chi connectivity index (χ1) is 12.5. The van der Waals surface area contributed by atoms with Gasteiger partial charge in [0.1, 0.15) is 11.9 Å². The second-order valence-corrected chi connectivity index (χ2v) is 6.33. The quantitative estimate of drug-likeness (QED) is 0.292. The van der Waals surface area contributed by atoms with Crippen molar-refractivity contribution in [1.29, 1.82) is 0 Å². The van der Waals surface area contributed by atoms with Crippen LogP contribution in [0.25, 0.3) is 16.7 Å². The van der Waals surface area contributed by atoms with Crippen molar-refractivity contribution in [2.45, 2.75) is 26.2 Å². The second kappa shape index (κ2) is 8.24. The molecule has 0 bridgehead atoms. The Bertz CT molecular complexity index is 911. The van der Waals surface area contributed by atoms with Crippen LogP contribution in [0.1, 0.15) is 17.7 Å². The third kappa shape index (κ3) is 4.55. The monoisotopic (exact) mass is 355 g/mol. The van der Waals surface area contributed by atoms with Gasteiger partial charge in [0.25, 0.3) is 0 Å². The summed E-state index contributed by atoms with van der Waals surface area (Å²) in [4.78, 5) is 19.4. The summed E-state index contributed by atoms with van der Waals surface area (Å²) in [7, 11) is 0. The number of fused-ring (bicyclic) bond motifs is 1. The Kier molecular flexibility index (Phi) is 5.79. The molecule has 3 rings (SSSR count). The number of nitrogens with one attached hydrogen (secondary N) is 3. The Labute approximate surface area is 151 Å². The van der Waals surface area contributed by atoms with E-state index in [9.17, 15) is 4.79 Å². The standard InChI is InChI=1S/C18H25N7O/c1-12-9-14-11-25(18(26)24-16(14)23-12)15-5-3-13(4-6-15)10-21-7-2-8-22-17(19)20/h3-6,9,11,17,21-22H,2,7-8,10,19-20H2,1H3,(H,23,24,26). The molecule has 0 fully saturated rings. The van der Waals surface area contributed by atoms with E-state index in [4.69, 9.17) is 11.5 Å². The number of hydrogen-bond donors (Lipinski definition) is 5. The molecule has 0 atom stereocenters. The molecule has 0 amide bonds. The molecule has 7 N–H and O–H groups in total. The molecule has 138 valence electrons. The van der Waals surface area contributed by atoms with Crippen molar-refractivity contribution in [3.8, 4) is 5.69 Å². The molecule has 3 aromatic rings. The van der Waals surface area contributed by atoms with Gasteiger partial charge in [-0.2, -0.15) is 4.98 Å². The van der Waals surface area contributed by atoms with Gasteiger partial charge >= 0.3 is 5.69 Å². The predicted molar refractivity (Wildman–Crippen MR) is 103 cm³/mol. The van der Waals surface area contributed by atoms with Crippen molar-refractivity contribution in [3.63, 3.8) is 0 Å². The van der Waals surface area contributed by atoms with Crippen LogP contribution in [0, 0.1) is 6.92 Å². The Morgan fingerprint density at radius 2 is 2.00 bits per heavy atom. The summed E-state index contributed by atoms with van der Waals surface area (Å²) in [5.41, 5.74) is 14.1. The fourth-order valence-electron chi connectivity index (χ4n) is 2.81. The van der Waals surface area contributed by atoms with Crippen molar-refractivity contribution in [1.82, 2.24) is 25.2 Å². The second-order valence-electron chi connectivity index (χ2n) is 6.33. The van der Waals surface area contributed by atoms with Gasteiger partial charge in [0.2, 0.25) is 0 Å². The number of aromatic amines is 1. The van der Waals surface area contributed by atoms with E-state index in [1.807, 2.05) is 43.5 Å². The maximum absolute atomic E-state index is 12.2. The molecule has 0 unspecified atom stereocenters. The summed E-state index contributed by atoms with van der Waals surface area (Å²) >= 11 is 0. The van der Waals surface area contributed by atoms with E-state index in [2.05, 4.69) is 20.6 Å². The molecule has 2 aromatic heterocycles. The molecule has 8 heteroatoms. The SMILES string of the molecule is Cc1cc2cn(-c3ccc(CNCCCNC(N)N)cc3)c(=O)nc2[nH]1. The topological polar surface area (TPSA) is 127 Å². The lowest BCUT2D eigenvalue weighted by Crippen LogP contribution is -2.45. The predicted octanol–water partition coefficient (Wildman–Crippen LogP) is 0.293. The molecule has 0 spiro atoms. The lowest BCUT2D eigenvalue weighted by molar-refractivity contribution is 0.519. The van der Waals surface area contributed by atoms with E-state index < -0.39 is 6.29 Å². The molecule has 0 aliphatic rings. The third-order valence-electron chi connectivity index (χ3n) is 4.10. The van der Waals surface area contributed by atoms with Gasteiger partial charge in [-0.25, -0.2) is 4.79 Å². The zero-order chi connectivity index (χ0) is 18.5.